The maximum atomic E-state index is 4.17. The summed E-state index contributed by atoms with van der Waals surface area (Å²) in [6.45, 7) is 10.2. The largest absolute Gasteiger partial charge is 0.342 e. The van der Waals surface area contributed by atoms with E-state index in [4.69, 9.17) is 0 Å². The van der Waals surface area contributed by atoms with E-state index in [1.165, 1.54) is 6.33 Å². The van der Waals surface area contributed by atoms with Crippen LogP contribution in [0.5, 0.6) is 0 Å². The van der Waals surface area contributed by atoms with E-state index < -0.39 is 0 Å². The molecule has 2 heterocycles. The number of rotatable bonds is 3. The summed E-state index contributed by atoms with van der Waals surface area (Å²) in [5.74, 6) is 0.833. The van der Waals surface area contributed by atoms with Gasteiger partial charge < -0.3 is 10.3 Å². The lowest BCUT2D eigenvalue weighted by Gasteiger charge is -2.00. The molecule has 0 aliphatic heterocycles. The summed E-state index contributed by atoms with van der Waals surface area (Å²) in [7, 11) is 0. The van der Waals surface area contributed by atoms with Crippen molar-refractivity contribution in [3.8, 4) is 0 Å². The molecule has 0 spiro atoms. The number of nitrogens with zero attached hydrogens (tertiary/aromatic N) is 3. The van der Waals surface area contributed by atoms with Gasteiger partial charge in [-0.05, 0) is 12.5 Å². The van der Waals surface area contributed by atoms with Crippen molar-refractivity contribution in [3.63, 3.8) is 0 Å². The molecule has 2 aromatic heterocycles. The second kappa shape index (κ2) is 6.96. The standard InChI is InChI=1S/C8H11N5.C4H10/c1-2-9-3-6-7-8(12-4-10-6)13-5-11-7;1-4(2)3/h4-5,9H,2-3H2,1H3,(H,10,11,12,13);4H,1-3H3. The van der Waals surface area contributed by atoms with Crippen LogP contribution in [0.3, 0.4) is 0 Å². The van der Waals surface area contributed by atoms with E-state index in [0.29, 0.717) is 0 Å². The van der Waals surface area contributed by atoms with E-state index in [-0.39, 0.29) is 0 Å². The predicted octanol–water partition coefficient (Wildman–Crippen LogP) is 2.12. The van der Waals surface area contributed by atoms with Crippen LogP contribution in [0.4, 0.5) is 0 Å². The van der Waals surface area contributed by atoms with Gasteiger partial charge >= 0.3 is 0 Å². The SMILES string of the molecule is CC(C)C.CCNCc1ncnc2nc[nH]c12. The molecule has 2 rings (SSSR count). The first kappa shape index (κ1) is 13.6. The first-order valence-corrected chi connectivity index (χ1v) is 5.98. The second-order valence-electron chi connectivity index (χ2n) is 4.43. The molecule has 0 bridgehead atoms. The van der Waals surface area contributed by atoms with Crippen molar-refractivity contribution < 1.29 is 0 Å². The van der Waals surface area contributed by atoms with Crippen molar-refractivity contribution in [1.82, 2.24) is 25.3 Å². The summed E-state index contributed by atoms with van der Waals surface area (Å²) in [6, 6.07) is 0. The van der Waals surface area contributed by atoms with Crippen LogP contribution in [0.1, 0.15) is 33.4 Å². The number of aromatic amines is 1. The van der Waals surface area contributed by atoms with Gasteiger partial charge in [-0.2, -0.15) is 0 Å². The summed E-state index contributed by atoms with van der Waals surface area (Å²) in [6.07, 6.45) is 3.17. The number of nitrogens with one attached hydrogen (secondary N) is 2. The van der Waals surface area contributed by atoms with Gasteiger partial charge in [-0.3, -0.25) is 0 Å². The van der Waals surface area contributed by atoms with Crippen LogP contribution >= 0.6 is 0 Å². The minimum Gasteiger partial charge on any atom is -0.342 e. The van der Waals surface area contributed by atoms with Crippen LogP contribution < -0.4 is 5.32 Å². The van der Waals surface area contributed by atoms with Crippen LogP contribution in [0.25, 0.3) is 11.2 Å². The van der Waals surface area contributed by atoms with Crippen molar-refractivity contribution in [1.29, 1.82) is 0 Å². The van der Waals surface area contributed by atoms with Crippen LogP contribution in [0, 0.1) is 5.92 Å². The highest BCUT2D eigenvalue weighted by Gasteiger charge is 2.03. The third-order valence-electron chi connectivity index (χ3n) is 1.84. The summed E-state index contributed by atoms with van der Waals surface area (Å²) < 4.78 is 0. The highest BCUT2D eigenvalue weighted by atomic mass is 15.0. The summed E-state index contributed by atoms with van der Waals surface area (Å²) in [5, 5.41) is 3.21. The van der Waals surface area contributed by atoms with Gasteiger partial charge in [0.15, 0.2) is 5.65 Å². The van der Waals surface area contributed by atoms with Crippen molar-refractivity contribution in [3.05, 3.63) is 18.3 Å². The summed E-state index contributed by atoms with van der Waals surface area (Å²) >= 11 is 0. The number of imidazole rings is 1. The topological polar surface area (TPSA) is 66.5 Å². The Morgan fingerprint density at radius 1 is 1.24 bits per heavy atom. The van der Waals surface area contributed by atoms with E-state index in [1.807, 2.05) is 0 Å². The molecule has 0 aliphatic rings. The number of fused-ring (bicyclic) bond motifs is 1. The molecule has 0 aromatic carbocycles. The van der Waals surface area contributed by atoms with Gasteiger partial charge in [0.05, 0.1) is 12.0 Å². The highest BCUT2D eigenvalue weighted by Crippen LogP contribution is 2.08. The first-order valence-electron chi connectivity index (χ1n) is 5.98. The molecule has 2 aromatic rings. The zero-order chi connectivity index (χ0) is 12.7. The van der Waals surface area contributed by atoms with E-state index in [9.17, 15) is 0 Å². The van der Waals surface area contributed by atoms with Gasteiger partial charge in [-0.1, -0.05) is 27.7 Å². The Balaban J connectivity index is 0.000000317. The Kier molecular flexibility index (Phi) is 5.56. The minimum absolute atomic E-state index is 0.725. The fraction of sp³-hybridized carbons (Fsp3) is 0.583. The molecule has 0 unspecified atom stereocenters. The zero-order valence-corrected chi connectivity index (χ0v) is 11.0. The molecule has 94 valence electrons. The minimum atomic E-state index is 0.725. The van der Waals surface area contributed by atoms with E-state index in [1.54, 1.807) is 6.33 Å². The van der Waals surface area contributed by atoms with Gasteiger partial charge in [-0.25, -0.2) is 15.0 Å². The van der Waals surface area contributed by atoms with Crippen molar-refractivity contribution in [2.75, 3.05) is 6.54 Å². The average Bonchev–Trinajstić information content (AvgIpc) is 2.73. The van der Waals surface area contributed by atoms with Gasteiger partial charge in [0.1, 0.15) is 11.8 Å². The maximum Gasteiger partial charge on any atom is 0.180 e. The molecule has 0 fully saturated rings. The molecular weight excluding hydrogens is 214 g/mol. The summed E-state index contributed by atoms with van der Waals surface area (Å²) in [5.41, 5.74) is 2.61. The molecule has 0 saturated carbocycles. The third-order valence-corrected chi connectivity index (χ3v) is 1.84. The van der Waals surface area contributed by atoms with Crippen molar-refractivity contribution >= 4 is 11.2 Å². The Labute approximate surface area is 102 Å². The lowest BCUT2D eigenvalue weighted by atomic mass is 10.3. The Morgan fingerprint density at radius 2 is 1.94 bits per heavy atom. The average molecular weight is 235 g/mol. The van der Waals surface area contributed by atoms with Crippen molar-refractivity contribution in [2.24, 2.45) is 5.92 Å². The Morgan fingerprint density at radius 3 is 2.59 bits per heavy atom. The van der Waals surface area contributed by atoms with Gasteiger partial charge in [0.2, 0.25) is 0 Å². The van der Waals surface area contributed by atoms with E-state index >= 15 is 0 Å². The molecule has 0 saturated heterocycles. The zero-order valence-electron chi connectivity index (χ0n) is 11.0. The number of aromatic nitrogens is 4. The highest BCUT2D eigenvalue weighted by molar-refractivity contribution is 5.71. The van der Waals surface area contributed by atoms with Crippen LogP contribution in [0.2, 0.25) is 0 Å². The quantitative estimate of drug-likeness (QED) is 0.855. The Bertz CT molecular complexity index is 432. The predicted molar refractivity (Wildman–Crippen MR) is 69.6 cm³/mol. The summed E-state index contributed by atoms with van der Waals surface area (Å²) in [4.78, 5) is 15.3. The lowest BCUT2D eigenvalue weighted by Crippen LogP contribution is -2.13. The smallest absolute Gasteiger partial charge is 0.180 e. The van der Waals surface area contributed by atoms with Crippen LogP contribution in [0.15, 0.2) is 12.7 Å². The normalized spacial score (nSPS) is 10.4. The molecule has 0 aliphatic carbocycles. The fourth-order valence-electron chi connectivity index (χ4n) is 1.19. The number of hydrogen-bond acceptors (Lipinski definition) is 4. The molecule has 5 nitrogen and oxygen atoms in total. The van der Waals surface area contributed by atoms with Crippen LogP contribution in [-0.4, -0.2) is 26.5 Å². The van der Waals surface area contributed by atoms with Gasteiger partial charge in [-0.15, -0.1) is 0 Å². The lowest BCUT2D eigenvalue weighted by molar-refractivity contribution is 0.713. The van der Waals surface area contributed by atoms with E-state index in [2.05, 4.69) is 52.9 Å². The molecule has 0 atom stereocenters. The first-order chi connectivity index (χ1) is 8.15. The Hall–Kier alpha value is -1.49. The molecular formula is C12H21N5. The monoisotopic (exact) mass is 235 g/mol. The van der Waals surface area contributed by atoms with E-state index in [0.717, 1.165) is 35.9 Å². The third kappa shape index (κ3) is 4.48. The molecule has 2 N–H and O–H groups in total. The second-order valence-corrected chi connectivity index (χ2v) is 4.43. The molecule has 0 amide bonds. The number of H-pyrrole nitrogens is 1. The van der Waals surface area contributed by atoms with Crippen molar-refractivity contribution in [2.45, 2.75) is 34.2 Å². The van der Waals surface area contributed by atoms with Gasteiger partial charge in [0.25, 0.3) is 0 Å². The number of hydrogen-bond donors (Lipinski definition) is 2. The molecule has 17 heavy (non-hydrogen) atoms. The fourth-order valence-corrected chi connectivity index (χ4v) is 1.19. The maximum absolute atomic E-state index is 4.17. The molecule has 0 radical (unpaired) electrons. The van der Waals surface area contributed by atoms with Gasteiger partial charge in [0, 0.05) is 6.54 Å². The molecule has 5 heteroatoms. The van der Waals surface area contributed by atoms with Crippen LogP contribution in [-0.2, 0) is 6.54 Å².